The van der Waals surface area contributed by atoms with Gasteiger partial charge in [-0.2, -0.15) is 0 Å². The van der Waals surface area contributed by atoms with Crippen molar-refractivity contribution in [1.29, 1.82) is 0 Å². The summed E-state index contributed by atoms with van der Waals surface area (Å²) in [5, 5.41) is 10.3. The summed E-state index contributed by atoms with van der Waals surface area (Å²) in [7, 11) is 3.26. The summed E-state index contributed by atoms with van der Waals surface area (Å²) in [5.41, 5.74) is 7.22. The van der Waals surface area contributed by atoms with Crippen LogP contribution in [0.4, 0.5) is 10.1 Å². The summed E-state index contributed by atoms with van der Waals surface area (Å²) in [4.78, 5) is 10.3. The molecule has 0 amide bonds. The third-order valence-electron chi connectivity index (χ3n) is 4.50. The Bertz CT molecular complexity index is 712. The lowest BCUT2D eigenvalue weighted by molar-refractivity contribution is 0.0969. The smallest absolute Gasteiger partial charge is 0.232 e. The van der Waals surface area contributed by atoms with Crippen molar-refractivity contribution in [3.05, 3.63) is 24.1 Å². The van der Waals surface area contributed by atoms with Crippen molar-refractivity contribution in [3.8, 4) is 5.88 Å². The van der Waals surface area contributed by atoms with Gasteiger partial charge in [-0.25, -0.2) is 14.4 Å². The molecule has 7 heteroatoms. The van der Waals surface area contributed by atoms with E-state index in [2.05, 4.69) is 9.97 Å². The van der Waals surface area contributed by atoms with E-state index in [4.69, 9.17) is 10.5 Å². The molecule has 124 valence electrons. The lowest BCUT2D eigenvalue weighted by atomic mass is 9.88. The van der Waals surface area contributed by atoms with Crippen LogP contribution in [-0.2, 0) is 0 Å². The van der Waals surface area contributed by atoms with Crippen LogP contribution in [0, 0.1) is 5.82 Å². The molecule has 0 radical (unpaired) electrons. The molecule has 1 heterocycles. The van der Waals surface area contributed by atoms with Crippen LogP contribution in [0.15, 0.2) is 18.3 Å². The van der Waals surface area contributed by atoms with Gasteiger partial charge >= 0.3 is 0 Å². The van der Waals surface area contributed by atoms with Crippen LogP contribution in [0.5, 0.6) is 5.88 Å². The molecule has 6 nitrogen and oxygen atoms in total. The van der Waals surface area contributed by atoms with Crippen LogP contribution in [0.25, 0.3) is 11.0 Å². The second-order valence-electron chi connectivity index (χ2n) is 5.99. The minimum atomic E-state index is -0.600. The molecule has 0 aliphatic heterocycles. The van der Waals surface area contributed by atoms with Gasteiger partial charge in [0.1, 0.15) is 17.0 Å². The molecule has 1 aromatic carbocycles. The number of halogens is 1. The summed E-state index contributed by atoms with van der Waals surface area (Å²) < 4.78 is 19.6. The van der Waals surface area contributed by atoms with E-state index in [1.165, 1.54) is 19.4 Å². The highest BCUT2D eigenvalue weighted by molar-refractivity contribution is 5.89. The van der Waals surface area contributed by atoms with Crippen LogP contribution in [-0.4, -0.2) is 47.4 Å². The molecule has 0 saturated heterocycles. The van der Waals surface area contributed by atoms with Crippen molar-refractivity contribution in [1.82, 2.24) is 9.97 Å². The SMILES string of the molecule is COc1cnc2ccc(F)c(N(C)[C@H]3CC[C@H](N)C[C@H]3O)c2n1. The van der Waals surface area contributed by atoms with Crippen molar-refractivity contribution in [2.24, 2.45) is 5.73 Å². The van der Waals surface area contributed by atoms with Gasteiger partial charge in [-0.1, -0.05) is 0 Å². The molecular weight excluding hydrogens is 299 g/mol. The number of aliphatic hydroxyl groups is 1. The van der Waals surface area contributed by atoms with Gasteiger partial charge in [-0.15, -0.1) is 0 Å². The van der Waals surface area contributed by atoms with Crippen LogP contribution >= 0.6 is 0 Å². The summed E-state index contributed by atoms with van der Waals surface area (Å²) in [6.45, 7) is 0. The monoisotopic (exact) mass is 320 g/mol. The van der Waals surface area contributed by atoms with E-state index in [1.807, 2.05) is 0 Å². The van der Waals surface area contributed by atoms with Gasteiger partial charge in [0.05, 0.1) is 31.0 Å². The van der Waals surface area contributed by atoms with Crippen molar-refractivity contribution >= 4 is 16.7 Å². The highest BCUT2D eigenvalue weighted by Crippen LogP contribution is 2.33. The Kier molecular flexibility index (Phi) is 4.32. The first-order valence-corrected chi connectivity index (χ1v) is 7.67. The fraction of sp³-hybridized carbons (Fsp3) is 0.500. The zero-order valence-corrected chi connectivity index (χ0v) is 13.2. The molecule has 1 aliphatic carbocycles. The van der Waals surface area contributed by atoms with Gasteiger partial charge < -0.3 is 20.5 Å². The maximum Gasteiger partial charge on any atom is 0.232 e. The number of fused-ring (bicyclic) bond motifs is 1. The van der Waals surface area contributed by atoms with Crippen LogP contribution in [0.2, 0.25) is 0 Å². The Morgan fingerprint density at radius 1 is 1.39 bits per heavy atom. The van der Waals surface area contributed by atoms with E-state index in [1.54, 1.807) is 18.0 Å². The van der Waals surface area contributed by atoms with Crippen LogP contribution in [0.3, 0.4) is 0 Å². The number of hydrogen-bond donors (Lipinski definition) is 2. The van der Waals surface area contributed by atoms with Gasteiger partial charge in [0.2, 0.25) is 5.88 Å². The Balaban J connectivity index is 2.05. The summed E-state index contributed by atoms with van der Waals surface area (Å²) >= 11 is 0. The number of hydrogen-bond acceptors (Lipinski definition) is 6. The number of anilines is 1. The maximum atomic E-state index is 14.5. The summed E-state index contributed by atoms with van der Waals surface area (Å²) in [6.07, 6.45) is 2.91. The second kappa shape index (κ2) is 6.25. The first kappa shape index (κ1) is 15.9. The fourth-order valence-electron chi connectivity index (χ4n) is 3.24. The Labute approximate surface area is 134 Å². The van der Waals surface area contributed by atoms with Crippen LogP contribution in [0.1, 0.15) is 19.3 Å². The Morgan fingerprint density at radius 2 is 2.17 bits per heavy atom. The average Bonchev–Trinajstić information content (AvgIpc) is 2.53. The number of nitrogens with zero attached hydrogens (tertiary/aromatic N) is 3. The molecule has 3 N–H and O–H groups in total. The van der Waals surface area contributed by atoms with Gasteiger partial charge in [-0.05, 0) is 31.4 Å². The number of methoxy groups -OCH3 is 1. The molecule has 1 saturated carbocycles. The third-order valence-corrected chi connectivity index (χ3v) is 4.50. The molecule has 2 aromatic rings. The molecule has 3 rings (SSSR count). The molecule has 1 fully saturated rings. The number of rotatable bonds is 3. The van der Waals surface area contributed by atoms with Gasteiger partial charge in [0.15, 0.2) is 0 Å². The van der Waals surface area contributed by atoms with Crippen LogP contribution < -0.4 is 15.4 Å². The van der Waals surface area contributed by atoms with E-state index in [-0.39, 0.29) is 12.1 Å². The lowest BCUT2D eigenvalue weighted by Gasteiger charge is -2.38. The first-order chi connectivity index (χ1) is 11.0. The number of aromatic nitrogens is 2. The molecule has 0 unspecified atom stereocenters. The first-order valence-electron chi connectivity index (χ1n) is 7.67. The number of nitrogens with two attached hydrogens (primary N) is 1. The fourth-order valence-corrected chi connectivity index (χ4v) is 3.24. The predicted octanol–water partition coefficient (Wildman–Crippen LogP) is 1.45. The molecule has 1 aromatic heterocycles. The van der Waals surface area contributed by atoms with E-state index in [0.717, 1.165) is 6.42 Å². The molecule has 3 atom stereocenters. The van der Waals surface area contributed by atoms with Crippen molar-refractivity contribution < 1.29 is 14.2 Å². The average molecular weight is 320 g/mol. The topological polar surface area (TPSA) is 84.5 Å². The molecular formula is C16H21FN4O2. The zero-order valence-electron chi connectivity index (χ0n) is 13.2. The molecule has 23 heavy (non-hydrogen) atoms. The number of aliphatic hydroxyl groups excluding tert-OH is 1. The van der Waals surface area contributed by atoms with Gasteiger partial charge in [-0.3, -0.25) is 0 Å². The molecule has 0 spiro atoms. The minimum Gasteiger partial charge on any atom is -0.480 e. The highest BCUT2D eigenvalue weighted by atomic mass is 19.1. The minimum absolute atomic E-state index is 0.00750. The van der Waals surface area contributed by atoms with Gasteiger partial charge in [0, 0.05) is 13.1 Å². The normalized spacial score (nSPS) is 24.7. The quantitative estimate of drug-likeness (QED) is 0.890. The highest BCUT2D eigenvalue weighted by Gasteiger charge is 2.32. The second-order valence-corrected chi connectivity index (χ2v) is 5.99. The molecule has 0 bridgehead atoms. The standard InChI is InChI=1S/C16H21FN4O2/c1-21(12-6-3-9(18)7-13(12)22)16-10(17)4-5-11-15(16)20-14(23-2)8-19-11/h4-5,8-9,12-13,22H,3,6-7,18H2,1-2H3/t9-,12-,13+/m0/s1. The molecule has 1 aliphatic rings. The van der Waals surface area contributed by atoms with Crippen molar-refractivity contribution in [2.75, 3.05) is 19.1 Å². The largest absolute Gasteiger partial charge is 0.480 e. The van der Waals surface area contributed by atoms with Gasteiger partial charge in [0.25, 0.3) is 0 Å². The van der Waals surface area contributed by atoms with E-state index in [0.29, 0.717) is 35.4 Å². The lowest BCUT2D eigenvalue weighted by Crippen LogP contribution is -2.48. The van der Waals surface area contributed by atoms with E-state index >= 15 is 0 Å². The maximum absolute atomic E-state index is 14.5. The van der Waals surface area contributed by atoms with E-state index < -0.39 is 11.9 Å². The Morgan fingerprint density at radius 3 is 2.87 bits per heavy atom. The predicted molar refractivity (Wildman–Crippen MR) is 86.1 cm³/mol. The van der Waals surface area contributed by atoms with E-state index in [9.17, 15) is 9.50 Å². The van der Waals surface area contributed by atoms with Crippen molar-refractivity contribution in [3.63, 3.8) is 0 Å². The third kappa shape index (κ3) is 2.94. The number of ether oxygens (including phenoxy) is 1. The zero-order chi connectivity index (χ0) is 16.6. The summed E-state index contributed by atoms with van der Waals surface area (Å²) in [5.74, 6) is -0.0754. The Hall–Kier alpha value is -1.99. The number of likely N-dealkylation sites (N-methyl/N-ethyl adjacent to an activating group) is 1. The summed E-state index contributed by atoms with van der Waals surface area (Å²) in [6, 6.07) is 2.74. The van der Waals surface area contributed by atoms with Crippen molar-refractivity contribution in [2.45, 2.75) is 37.5 Å². The number of benzene rings is 1.